The molecule has 120 valence electrons. The minimum absolute atomic E-state index is 0.0632. The predicted octanol–water partition coefficient (Wildman–Crippen LogP) is 3.83. The number of ether oxygens (including phenoxy) is 1. The van der Waals surface area contributed by atoms with Gasteiger partial charge in [0.25, 0.3) is 0 Å². The SMILES string of the molecule is CCOC(CC)=C(C(=O)O)C(=O)c1cc(F)c(F)c(Br)c1F. The van der Waals surface area contributed by atoms with Gasteiger partial charge < -0.3 is 9.84 Å². The van der Waals surface area contributed by atoms with Gasteiger partial charge in [-0.25, -0.2) is 18.0 Å². The molecule has 22 heavy (non-hydrogen) atoms. The topological polar surface area (TPSA) is 63.6 Å². The Bertz CT molecular complexity index is 656. The van der Waals surface area contributed by atoms with E-state index in [0.717, 1.165) is 0 Å². The highest BCUT2D eigenvalue weighted by Gasteiger charge is 2.29. The summed E-state index contributed by atoms with van der Waals surface area (Å²) in [5.41, 5.74) is -1.71. The zero-order valence-corrected chi connectivity index (χ0v) is 13.3. The molecule has 1 rings (SSSR count). The van der Waals surface area contributed by atoms with Crippen LogP contribution in [0, 0.1) is 17.5 Å². The third kappa shape index (κ3) is 3.49. The average molecular weight is 381 g/mol. The smallest absolute Gasteiger partial charge is 0.343 e. The third-order valence-corrected chi connectivity index (χ3v) is 3.40. The fraction of sp³-hybridized carbons (Fsp3) is 0.286. The first-order valence-corrected chi connectivity index (χ1v) is 7.02. The van der Waals surface area contributed by atoms with Gasteiger partial charge in [-0.3, -0.25) is 4.79 Å². The normalized spacial score (nSPS) is 11.9. The number of carbonyl (C=O) groups excluding carboxylic acids is 1. The van der Waals surface area contributed by atoms with Crippen LogP contribution in [0.25, 0.3) is 0 Å². The molecule has 0 fully saturated rings. The first kappa shape index (κ1) is 18.2. The number of benzene rings is 1. The lowest BCUT2D eigenvalue weighted by molar-refractivity contribution is -0.132. The van der Waals surface area contributed by atoms with Crippen LogP contribution in [0.3, 0.4) is 0 Å². The number of aliphatic carboxylic acids is 1. The monoisotopic (exact) mass is 380 g/mol. The molecule has 1 aromatic carbocycles. The molecule has 0 spiro atoms. The Balaban J connectivity index is 3.55. The van der Waals surface area contributed by atoms with E-state index in [4.69, 9.17) is 9.84 Å². The maximum absolute atomic E-state index is 13.9. The number of carboxylic acid groups (broad SMARTS) is 1. The van der Waals surface area contributed by atoms with Crippen molar-refractivity contribution in [3.63, 3.8) is 0 Å². The molecule has 0 saturated heterocycles. The molecule has 0 unspecified atom stereocenters. The molecule has 8 heteroatoms. The van der Waals surface area contributed by atoms with Crippen molar-refractivity contribution in [2.45, 2.75) is 20.3 Å². The van der Waals surface area contributed by atoms with Gasteiger partial charge in [0.15, 0.2) is 17.5 Å². The van der Waals surface area contributed by atoms with Gasteiger partial charge in [-0.1, -0.05) is 6.92 Å². The van der Waals surface area contributed by atoms with Gasteiger partial charge in [0.05, 0.1) is 16.6 Å². The maximum Gasteiger partial charge on any atom is 0.343 e. The Hall–Kier alpha value is -1.83. The van der Waals surface area contributed by atoms with E-state index >= 15 is 0 Å². The summed E-state index contributed by atoms with van der Waals surface area (Å²) in [5.74, 6) is -7.47. The number of Topliss-reactive ketones (excluding diaryl/α,β-unsaturated/α-hetero) is 1. The minimum atomic E-state index is -1.64. The van der Waals surface area contributed by atoms with E-state index in [9.17, 15) is 22.8 Å². The van der Waals surface area contributed by atoms with Crippen molar-refractivity contribution in [2.75, 3.05) is 6.61 Å². The van der Waals surface area contributed by atoms with Crippen LogP contribution in [0.2, 0.25) is 0 Å². The zero-order chi connectivity index (χ0) is 17.0. The van der Waals surface area contributed by atoms with E-state index in [-0.39, 0.29) is 18.8 Å². The van der Waals surface area contributed by atoms with Crippen LogP contribution in [0.5, 0.6) is 0 Å². The molecule has 0 radical (unpaired) electrons. The third-order valence-electron chi connectivity index (χ3n) is 2.71. The summed E-state index contributed by atoms with van der Waals surface area (Å²) >= 11 is 2.48. The summed E-state index contributed by atoms with van der Waals surface area (Å²) in [4.78, 5) is 23.5. The molecule has 0 heterocycles. The lowest BCUT2D eigenvalue weighted by atomic mass is 10.0. The Labute approximate surface area is 132 Å². The Morgan fingerprint density at radius 3 is 2.27 bits per heavy atom. The van der Waals surface area contributed by atoms with Crippen molar-refractivity contribution in [2.24, 2.45) is 0 Å². The molecule has 1 aromatic rings. The summed E-state index contributed by atoms with van der Waals surface area (Å²) in [6.07, 6.45) is 0.0632. The van der Waals surface area contributed by atoms with Gasteiger partial charge in [0, 0.05) is 6.42 Å². The van der Waals surface area contributed by atoms with E-state index in [1.165, 1.54) is 0 Å². The lowest BCUT2D eigenvalue weighted by Crippen LogP contribution is -2.18. The van der Waals surface area contributed by atoms with Crippen LogP contribution in [-0.4, -0.2) is 23.5 Å². The quantitative estimate of drug-likeness (QED) is 0.155. The van der Waals surface area contributed by atoms with Crippen LogP contribution in [0.15, 0.2) is 21.9 Å². The van der Waals surface area contributed by atoms with Crippen molar-refractivity contribution < 1.29 is 32.6 Å². The number of ketones is 1. The molecule has 0 aliphatic rings. The number of hydrogen-bond acceptors (Lipinski definition) is 3. The first-order chi connectivity index (χ1) is 10.3. The summed E-state index contributed by atoms with van der Waals surface area (Å²) in [7, 11) is 0. The number of rotatable bonds is 6. The van der Waals surface area contributed by atoms with Gasteiger partial charge in [-0.2, -0.15) is 0 Å². The van der Waals surface area contributed by atoms with Crippen molar-refractivity contribution >= 4 is 27.7 Å². The van der Waals surface area contributed by atoms with Crippen LogP contribution < -0.4 is 0 Å². The van der Waals surface area contributed by atoms with Crippen LogP contribution in [0.4, 0.5) is 13.2 Å². The lowest BCUT2D eigenvalue weighted by Gasteiger charge is -2.12. The Morgan fingerprint density at radius 2 is 1.82 bits per heavy atom. The molecule has 0 atom stereocenters. The second-order valence-corrected chi connectivity index (χ2v) is 4.86. The van der Waals surface area contributed by atoms with Crippen LogP contribution in [-0.2, 0) is 9.53 Å². The fourth-order valence-corrected chi connectivity index (χ4v) is 2.14. The molecule has 0 aromatic heterocycles. The number of allylic oxidation sites excluding steroid dienone is 1. The van der Waals surface area contributed by atoms with Gasteiger partial charge in [0.2, 0.25) is 5.78 Å². The number of halogens is 4. The second kappa shape index (κ2) is 7.44. The van der Waals surface area contributed by atoms with Gasteiger partial charge in [-0.15, -0.1) is 0 Å². The molecule has 4 nitrogen and oxygen atoms in total. The zero-order valence-electron chi connectivity index (χ0n) is 11.7. The van der Waals surface area contributed by atoms with Crippen molar-refractivity contribution in [3.05, 3.63) is 44.9 Å². The van der Waals surface area contributed by atoms with Crippen molar-refractivity contribution in [1.29, 1.82) is 0 Å². The second-order valence-electron chi connectivity index (χ2n) is 4.07. The van der Waals surface area contributed by atoms with Crippen LogP contribution >= 0.6 is 15.9 Å². The molecule has 0 saturated carbocycles. The summed E-state index contributed by atoms with van der Waals surface area (Å²) in [5, 5.41) is 9.16. The molecule has 0 aliphatic carbocycles. The van der Waals surface area contributed by atoms with Crippen molar-refractivity contribution in [1.82, 2.24) is 0 Å². The van der Waals surface area contributed by atoms with Gasteiger partial charge in [-0.05, 0) is 28.9 Å². The molecule has 0 amide bonds. The highest BCUT2D eigenvalue weighted by molar-refractivity contribution is 9.10. The van der Waals surface area contributed by atoms with E-state index in [0.29, 0.717) is 6.07 Å². The van der Waals surface area contributed by atoms with Gasteiger partial charge >= 0.3 is 5.97 Å². The average Bonchev–Trinajstić information content (AvgIpc) is 2.47. The number of carbonyl (C=O) groups is 2. The van der Waals surface area contributed by atoms with E-state index in [1.807, 2.05) is 0 Å². The van der Waals surface area contributed by atoms with Crippen molar-refractivity contribution in [3.8, 4) is 0 Å². The van der Waals surface area contributed by atoms with E-state index in [1.54, 1.807) is 13.8 Å². The molecular weight excluding hydrogens is 369 g/mol. The highest BCUT2D eigenvalue weighted by Crippen LogP contribution is 2.28. The summed E-state index contributed by atoms with van der Waals surface area (Å²) in [6.45, 7) is 3.21. The first-order valence-electron chi connectivity index (χ1n) is 6.23. The summed E-state index contributed by atoms with van der Waals surface area (Å²) in [6, 6.07) is 0.319. The molecular formula is C14H12BrF3O4. The largest absolute Gasteiger partial charge is 0.497 e. The maximum atomic E-state index is 13.9. The Kier molecular flexibility index (Phi) is 6.16. The highest BCUT2D eigenvalue weighted by atomic mass is 79.9. The Morgan fingerprint density at radius 1 is 1.23 bits per heavy atom. The number of hydrogen-bond donors (Lipinski definition) is 1. The predicted molar refractivity (Wildman–Crippen MR) is 74.9 cm³/mol. The standard InChI is InChI=1S/C14H12BrF3O4/c1-3-8(22-4-2)9(14(20)21)13(19)6-5-7(16)12(18)10(15)11(6)17/h5H,3-4H2,1-2H3,(H,20,21). The van der Waals surface area contributed by atoms with E-state index in [2.05, 4.69) is 15.9 Å². The van der Waals surface area contributed by atoms with Crippen LogP contribution in [0.1, 0.15) is 30.6 Å². The molecule has 0 bridgehead atoms. The summed E-state index contributed by atoms with van der Waals surface area (Å²) < 4.78 is 44.7. The minimum Gasteiger partial charge on any atom is -0.497 e. The fourth-order valence-electron chi connectivity index (χ4n) is 1.74. The molecule has 0 aliphatic heterocycles. The van der Waals surface area contributed by atoms with Gasteiger partial charge in [0.1, 0.15) is 11.3 Å². The molecule has 1 N–H and O–H groups in total. The number of carboxylic acids is 1. The van der Waals surface area contributed by atoms with E-state index < -0.39 is 44.8 Å².